The Kier molecular flexibility index (Phi) is 4.23. The van der Waals surface area contributed by atoms with Gasteiger partial charge in [-0.05, 0) is 44.8 Å². The van der Waals surface area contributed by atoms with Gasteiger partial charge in [0, 0.05) is 11.6 Å². The van der Waals surface area contributed by atoms with Crippen molar-refractivity contribution < 1.29 is 4.74 Å². The number of likely N-dealkylation sites (N-methyl/N-ethyl adjacent to an activating group) is 1. The molecule has 0 saturated heterocycles. The number of hydrogen-bond donors (Lipinski definition) is 0. The maximum atomic E-state index is 5.84. The van der Waals surface area contributed by atoms with Crippen LogP contribution in [0.2, 0.25) is 5.02 Å². The van der Waals surface area contributed by atoms with E-state index in [-0.39, 0.29) is 0 Å². The lowest BCUT2D eigenvalue weighted by Gasteiger charge is -2.12. The normalized spacial score (nSPS) is 10.6. The van der Waals surface area contributed by atoms with Gasteiger partial charge in [0.25, 0.3) is 0 Å². The van der Waals surface area contributed by atoms with E-state index >= 15 is 0 Å². The van der Waals surface area contributed by atoms with Crippen LogP contribution in [0, 0.1) is 6.92 Å². The lowest BCUT2D eigenvalue weighted by Crippen LogP contribution is -2.19. The van der Waals surface area contributed by atoms with Gasteiger partial charge in [0.05, 0.1) is 0 Å². The molecule has 0 aliphatic rings. The molecule has 1 aromatic carbocycles. The van der Waals surface area contributed by atoms with E-state index in [2.05, 4.69) is 4.90 Å². The maximum Gasteiger partial charge on any atom is 0.122 e. The van der Waals surface area contributed by atoms with Gasteiger partial charge in [0.1, 0.15) is 12.4 Å². The van der Waals surface area contributed by atoms with E-state index in [9.17, 15) is 0 Å². The molecule has 0 aromatic heterocycles. The van der Waals surface area contributed by atoms with Gasteiger partial charge < -0.3 is 9.64 Å². The van der Waals surface area contributed by atoms with Crippen molar-refractivity contribution in [2.75, 3.05) is 27.2 Å². The highest BCUT2D eigenvalue weighted by Crippen LogP contribution is 2.21. The summed E-state index contributed by atoms with van der Waals surface area (Å²) >= 11 is 5.84. The Bertz CT molecular complexity index is 299. The molecule has 0 spiro atoms. The lowest BCUT2D eigenvalue weighted by atomic mass is 10.2. The van der Waals surface area contributed by atoms with Gasteiger partial charge in [-0.15, -0.1) is 0 Å². The van der Waals surface area contributed by atoms with Crippen molar-refractivity contribution in [3.05, 3.63) is 28.8 Å². The Morgan fingerprint density at radius 3 is 2.64 bits per heavy atom. The monoisotopic (exact) mass is 213 g/mol. The summed E-state index contributed by atoms with van der Waals surface area (Å²) in [6.07, 6.45) is 0. The highest BCUT2D eigenvalue weighted by Gasteiger charge is 1.99. The van der Waals surface area contributed by atoms with Crippen LogP contribution in [-0.4, -0.2) is 32.1 Å². The highest BCUT2D eigenvalue weighted by atomic mass is 35.5. The van der Waals surface area contributed by atoms with Crippen LogP contribution in [0.15, 0.2) is 18.2 Å². The summed E-state index contributed by atoms with van der Waals surface area (Å²) in [4.78, 5) is 2.09. The van der Waals surface area contributed by atoms with Gasteiger partial charge in [-0.25, -0.2) is 0 Å². The predicted molar refractivity (Wildman–Crippen MR) is 60.2 cm³/mol. The Labute approximate surface area is 90.4 Å². The molecule has 0 N–H and O–H groups in total. The number of halogens is 1. The van der Waals surface area contributed by atoms with Gasteiger partial charge in [0.2, 0.25) is 0 Å². The van der Waals surface area contributed by atoms with E-state index < -0.39 is 0 Å². The van der Waals surface area contributed by atoms with Crippen LogP contribution >= 0.6 is 11.6 Å². The Hall–Kier alpha value is -0.730. The van der Waals surface area contributed by atoms with Crippen LogP contribution in [0.25, 0.3) is 0 Å². The minimum absolute atomic E-state index is 0.704. The first-order valence-electron chi connectivity index (χ1n) is 4.63. The molecule has 0 aliphatic heterocycles. The second-order valence-electron chi connectivity index (χ2n) is 3.56. The van der Waals surface area contributed by atoms with Crippen LogP contribution in [0.3, 0.4) is 0 Å². The fourth-order valence-electron chi connectivity index (χ4n) is 1.11. The van der Waals surface area contributed by atoms with Gasteiger partial charge in [-0.1, -0.05) is 11.6 Å². The Morgan fingerprint density at radius 2 is 2.07 bits per heavy atom. The molecule has 0 radical (unpaired) electrons. The zero-order chi connectivity index (χ0) is 10.6. The fourth-order valence-corrected chi connectivity index (χ4v) is 1.34. The van der Waals surface area contributed by atoms with Crippen LogP contribution < -0.4 is 4.74 Å². The number of nitrogens with zero attached hydrogens (tertiary/aromatic N) is 1. The quantitative estimate of drug-likeness (QED) is 0.763. The standard InChI is InChI=1S/C11H16ClNO/c1-9-8-10(12)4-5-11(9)14-7-6-13(2)3/h4-5,8H,6-7H2,1-3H3. The van der Waals surface area contributed by atoms with E-state index in [1.54, 1.807) is 0 Å². The minimum atomic E-state index is 0.704. The number of benzene rings is 1. The van der Waals surface area contributed by atoms with Crippen LogP contribution in [0.4, 0.5) is 0 Å². The number of ether oxygens (including phenoxy) is 1. The molecule has 2 nitrogen and oxygen atoms in total. The van der Waals surface area contributed by atoms with E-state index in [1.165, 1.54) is 0 Å². The van der Waals surface area contributed by atoms with Crippen molar-refractivity contribution in [3.8, 4) is 5.75 Å². The lowest BCUT2D eigenvalue weighted by molar-refractivity contribution is 0.260. The molecule has 0 heterocycles. The van der Waals surface area contributed by atoms with E-state index in [4.69, 9.17) is 16.3 Å². The van der Waals surface area contributed by atoms with Crippen molar-refractivity contribution in [1.29, 1.82) is 0 Å². The Balaban J connectivity index is 2.51. The molecule has 0 amide bonds. The van der Waals surface area contributed by atoms with Gasteiger partial charge in [-0.3, -0.25) is 0 Å². The fraction of sp³-hybridized carbons (Fsp3) is 0.455. The largest absolute Gasteiger partial charge is 0.492 e. The number of hydrogen-bond acceptors (Lipinski definition) is 2. The van der Waals surface area contributed by atoms with Crippen molar-refractivity contribution >= 4 is 11.6 Å². The summed E-state index contributed by atoms with van der Waals surface area (Å²) in [6, 6.07) is 5.67. The third-order valence-electron chi connectivity index (χ3n) is 1.93. The number of aryl methyl sites for hydroxylation is 1. The van der Waals surface area contributed by atoms with Gasteiger partial charge >= 0.3 is 0 Å². The van der Waals surface area contributed by atoms with Crippen molar-refractivity contribution in [2.24, 2.45) is 0 Å². The van der Waals surface area contributed by atoms with Gasteiger partial charge in [0.15, 0.2) is 0 Å². The van der Waals surface area contributed by atoms with Crippen LogP contribution in [0.1, 0.15) is 5.56 Å². The summed E-state index contributed by atoms with van der Waals surface area (Å²) in [5, 5.41) is 0.752. The Morgan fingerprint density at radius 1 is 1.36 bits per heavy atom. The zero-order valence-electron chi connectivity index (χ0n) is 8.88. The molecular formula is C11H16ClNO. The molecule has 1 aromatic rings. The molecule has 0 fully saturated rings. The first kappa shape index (κ1) is 11.3. The molecule has 14 heavy (non-hydrogen) atoms. The van der Waals surface area contributed by atoms with E-state index in [1.807, 2.05) is 39.2 Å². The zero-order valence-corrected chi connectivity index (χ0v) is 9.64. The summed E-state index contributed by atoms with van der Waals surface area (Å²) in [5.74, 6) is 0.913. The van der Waals surface area contributed by atoms with Crippen molar-refractivity contribution in [2.45, 2.75) is 6.92 Å². The molecule has 0 aliphatic carbocycles. The molecule has 1 rings (SSSR count). The molecule has 0 saturated carbocycles. The summed E-state index contributed by atoms with van der Waals surface area (Å²) in [7, 11) is 4.05. The van der Waals surface area contributed by atoms with Crippen molar-refractivity contribution in [1.82, 2.24) is 4.90 Å². The maximum absolute atomic E-state index is 5.84. The SMILES string of the molecule is Cc1cc(Cl)ccc1OCCN(C)C. The molecule has 3 heteroatoms. The van der Waals surface area contributed by atoms with Gasteiger partial charge in [-0.2, -0.15) is 0 Å². The molecule has 0 bridgehead atoms. The van der Waals surface area contributed by atoms with Crippen molar-refractivity contribution in [3.63, 3.8) is 0 Å². The topological polar surface area (TPSA) is 12.5 Å². The van der Waals surface area contributed by atoms with E-state index in [0.717, 1.165) is 22.9 Å². The summed E-state index contributed by atoms with van der Waals surface area (Å²) < 4.78 is 5.60. The molecule has 0 unspecified atom stereocenters. The predicted octanol–water partition coefficient (Wildman–Crippen LogP) is 2.59. The molecule has 0 atom stereocenters. The first-order valence-corrected chi connectivity index (χ1v) is 5.01. The van der Waals surface area contributed by atoms with Crippen LogP contribution in [-0.2, 0) is 0 Å². The average Bonchev–Trinajstić information content (AvgIpc) is 2.08. The number of rotatable bonds is 4. The third-order valence-corrected chi connectivity index (χ3v) is 2.17. The second-order valence-corrected chi connectivity index (χ2v) is 4.00. The first-order chi connectivity index (χ1) is 6.59. The highest BCUT2D eigenvalue weighted by molar-refractivity contribution is 6.30. The second kappa shape index (κ2) is 5.23. The van der Waals surface area contributed by atoms with Crippen LogP contribution in [0.5, 0.6) is 5.75 Å². The summed E-state index contributed by atoms with van der Waals surface area (Å²) in [5.41, 5.74) is 1.08. The smallest absolute Gasteiger partial charge is 0.122 e. The molecular weight excluding hydrogens is 198 g/mol. The summed E-state index contributed by atoms with van der Waals surface area (Å²) in [6.45, 7) is 3.62. The van der Waals surface area contributed by atoms with E-state index in [0.29, 0.717) is 6.61 Å². The average molecular weight is 214 g/mol. The minimum Gasteiger partial charge on any atom is -0.492 e. The molecule has 78 valence electrons. The third kappa shape index (κ3) is 3.56.